The standard InChI is InChI=1S/C21H32F3N5O3/c1-12(2)17(27-11-21(22,23)24)20(32)29-7-5-13(3)8-16(29)19(31)28-15(10-25)9-14-4-6-26-18(14)30/h12-17,27H,4-9,11H2,1-3H3,(H,26,30)(H,28,31)/t13-,14+,15+,16+,17+/m1/s1. The largest absolute Gasteiger partial charge is 0.401 e. The van der Waals surface area contributed by atoms with Crippen molar-refractivity contribution in [2.75, 3.05) is 19.6 Å². The highest BCUT2D eigenvalue weighted by Gasteiger charge is 2.40. The van der Waals surface area contributed by atoms with Crippen molar-refractivity contribution < 1.29 is 27.6 Å². The molecule has 0 bridgehead atoms. The molecule has 11 heteroatoms. The van der Waals surface area contributed by atoms with Crippen LogP contribution in [0.1, 0.15) is 46.5 Å². The van der Waals surface area contributed by atoms with Crippen LogP contribution in [0.3, 0.4) is 0 Å². The van der Waals surface area contributed by atoms with Crippen LogP contribution in [0, 0.1) is 29.1 Å². The van der Waals surface area contributed by atoms with E-state index in [4.69, 9.17) is 0 Å². The van der Waals surface area contributed by atoms with E-state index in [0.29, 0.717) is 25.8 Å². The third-order valence-electron chi connectivity index (χ3n) is 6.06. The van der Waals surface area contributed by atoms with E-state index >= 15 is 0 Å². The predicted octanol–water partition coefficient (Wildman–Crippen LogP) is 1.32. The fraction of sp³-hybridized carbons (Fsp3) is 0.810. The zero-order valence-electron chi connectivity index (χ0n) is 18.7. The van der Waals surface area contributed by atoms with Gasteiger partial charge in [0, 0.05) is 19.0 Å². The van der Waals surface area contributed by atoms with Crippen molar-refractivity contribution >= 4 is 17.7 Å². The number of piperidine rings is 1. The van der Waals surface area contributed by atoms with Crippen LogP contribution in [0.25, 0.3) is 0 Å². The van der Waals surface area contributed by atoms with Gasteiger partial charge in [-0.2, -0.15) is 18.4 Å². The molecular formula is C21H32F3N5O3. The number of nitrogens with zero attached hydrogens (tertiary/aromatic N) is 2. The number of nitriles is 1. The van der Waals surface area contributed by atoms with Gasteiger partial charge in [0.25, 0.3) is 0 Å². The van der Waals surface area contributed by atoms with Crippen molar-refractivity contribution in [1.82, 2.24) is 20.9 Å². The Hall–Kier alpha value is -2.35. The Bertz CT molecular complexity index is 737. The maximum absolute atomic E-state index is 13.2. The number of carbonyl (C=O) groups is 3. The molecule has 180 valence electrons. The third-order valence-corrected chi connectivity index (χ3v) is 6.06. The predicted molar refractivity (Wildman–Crippen MR) is 110 cm³/mol. The van der Waals surface area contributed by atoms with E-state index < -0.39 is 48.6 Å². The average Bonchev–Trinajstić information content (AvgIpc) is 3.10. The SMILES string of the molecule is CC(C)[C@H](NCC(F)(F)F)C(=O)N1CC[C@@H](C)C[C@H]1C(=O)N[C@H](C#N)C[C@@H]1CCNC1=O. The molecule has 2 heterocycles. The summed E-state index contributed by atoms with van der Waals surface area (Å²) in [4.78, 5) is 39.3. The molecule has 2 aliphatic rings. The van der Waals surface area contributed by atoms with Crippen molar-refractivity contribution in [3.05, 3.63) is 0 Å². The Morgan fingerprint density at radius 2 is 2.00 bits per heavy atom. The summed E-state index contributed by atoms with van der Waals surface area (Å²) in [5.74, 6) is -1.87. The van der Waals surface area contributed by atoms with Gasteiger partial charge in [0.1, 0.15) is 12.1 Å². The van der Waals surface area contributed by atoms with E-state index in [2.05, 4.69) is 16.0 Å². The first-order valence-corrected chi connectivity index (χ1v) is 11.0. The van der Waals surface area contributed by atoms with Crippen LogP contribution in [0.2, 0.25) is 0 Å². The Morgan fingerprint density at radius 1 is 1.31 bits per heavy atom. The van der Waals surface area contributed by atoms with E-state index in [1.54, 1.807) is 13.8 Å². The lowest BCUT2D eigenvalue weighted by atomic mass is 9.90. The van der Waals surface area contributed by atoms with E-state index in [1.165, 1.54) is 4.90 Å². The van der Waals surface area contributed by atoms with Crippen LogP contribution >= 0.6 is 0 Å². The number of nitrogens with one attached hydrogen (secondary N) is 3. The maximum Gasteiger partial charge on any atom is 0.401 e. The van der Waals surface area contributed by atoms with Gasteiger partial charge in [-0.15, -0.1) is 0 Å². The zero-order valence-corrected chi connectivity index (χ0v) is 18.7. The number of rotatable bonds is 8. The van der Waals surface area contributed by atoms with Crippen molar-refractivity contribution in [2.45, 2.75) is 70.8 Å². The third kappa shape index (κ3) is 7.08. The number of halogens is 3. The molecular weight excluding hydrogens is 427 g/mol. The van der Waals surface area contributed by atoms with Crippen LogP contribution in [-0.2, 0) is 14.4 Å². The highest BCUT2D eigenvalue weighted by Crippen LogP contribution is 2.25. The highest BCUT2D eigenvalue weighted by atomic mass is 19.4. The van der Waals surface area contributed by atoms with Gasteiger partial charge >= 0.3 is 6.18 Å². The van der Waals surface area contributed by atoms with E-state index in [0.717, 1.165) is 0 Å². The normalized spacial score (nSPS) is 25.8. The maximum atomic E-state index is 13.2. The summed E-state index contributed by atoms with van der Waals surface area (Å²) in [5.41, 5.74) is 0. The van der Waals surface area contributed by atoms with E-state index in [9.17, 15) is 32.8 Å². The summed E-state index contributed by atoms with van der Waals surface area (Å²) < 4.78 is 38.1. The van der Waals surface area contributed by atoms with Gasteiger partial charge in [-0.05, 0) is 37.5 Å². The molecule has 0 aromatic carbocycles. The monoisotopic (exact) mass is 459 g/mol. The molecule has 8 nitrogen and oxygen atoms in total. The summed E-state index contributed by atoms with van der Waals surface area (Å²) in [6.45, 7) is 4.70. The number of amides is 3. The second-order valence-electron chi connectivity index (χ2n) is 9.10. The Kier molecular flexibility index (Phi) is 8.89. The number of hydrogen-bond donors (Lipinski definition) is 3. The van der Waals surface area contributed by atoms with Crippen LogP contribution in [0.5, 0.6) is 0 Å². The molecule has 2 saturated heterocycles. The van der Waals surface area contributed by atoms with Crippen LogP contribution in [-0.4, -0.2) is 66.6 Å². The van der Waals surface area contributed by atoms with E-state index in [1.807, 2.05) is 13.0 Å². The second kappa shape index (κ2) is 11.0. The number of likely N-dealkylation sites (tertiary alicyclic amines) is 1. The Labute approximate surface area is 186 Å². The molecule has 3 amide bonds. The molecule has 3 N–H and O–H groups in total. The van der Waals surface area contributed by atoms with Gasteiger partial charge in [0.05, 0.1) is 18.7 Å². The minimum Gasteiger partial charge on any atom is -0.356 e. The summed E-state index contributed by atoms with van der Waals surface area (Å²) in [6, 6.07) is -0.863. The number of alkyl halides is 3. The topological polar surface area (TPSA) is 114 Å². The molecule has 0 aliphatic carbocycles. The lowest BCUT2D eigenvalue weighted by molar-refractivity contribution is -0.148. The zero-order chi connectivity index (χ0) is 24.1. The molecule has 0 unspecified atom stereocenters. The minimum atomic E-state index is -4.47. The molecule has 2 aliphatic heterocycles. The first-order chi connectivity index (χ1) is 14.9. The number of carbonyl (C=O) groups excluding carboxylic acids is 3. The summed E-state index contributed by atoms with van der Waals surface area (Å²) in [5, 5.41) is 17.1. The molecule has 2 rings (SSSR count). The molecule has 0 aromatic rings. The molecule has 0 spiro atoms. The summed E-state index contributed by atoms with van der Waals surface area (Å²) >= 11 is 0. The molecule has 0 radical (unpaired) electrons. The van der Waals surface area contributed by atoms with Gasteiger partial charge in [0.2, 0.25) is 17.7 Å². The lowest BCUT2D eigenvalue weighted by Crippen LogP contribution is -2.60. The van der Waals surface area contributed by atoms with Crippen LogP contribution < -0.4 is 16.0 Å². The molecule has 2 fully saturated rings. The van der Waals surface area contributed by atoms with Crippen molar-refractivity contribution in [1.29, 1.82) is 5.26 Å². The van der Waals surface area contributed by atoms with Crippen LogP contribution in [0.4, 0.5) is 13.2 Å². The lowest BCUT2D eigenvalue weighted by Gasteiger charge is -2.40. The molecule has 0 saturated carbocycles. The smallest absolute Gasteiger partial charge is 0.356 e. The van der Waals surface area contributed by atoms with Gasteiger partial charge in [-0.1, -0.05) is 20.8 Å². The molecule has 0 aromatic heterocycles. The number of hydrogen-bond acceptors (Lipinski definition) is 5. The van der Waals surface area contributed by atoms with Gasteiger partial charge in [0.15, 0.2) is 0 Å². The first-order valence-electron chi connectivity index (χ1n) is 11.0. The van der Waals surface area contributed by atoms with Gasteiger partial charge in [-0.3, -0.25) is 19.7 Å². The minimum absolute atomic E-state index is 0.136. The summed E-state index contributed by atoms with van der Waals surface area (Å²) in [7, 11) is 0. The van der Waals surface area contributed by atoms with Crippen molar-refractivity contribution in [2.24, 2.45) is 17.8 Å². The quantitative estimate of drug-likeness (QED) is 0.507. The Morgan fingerprint density at radius 3 is 2.53 bits per heavy atom. The second-order valence-corrected chi connectivity index (χ2v) is 9.10. The average molecular weight is 460 g/mol. The van der Waals surface area contributed by atoms with Gasteiger partial charge < -0.3 is 15.5 Å². The molecule has 32 heavy (non-hydrogen) atoms. The highest BCUT2D eigenvalue weighted by molar-refractivity contribution is 5.90. The Balaban J connectivity index is 2.11. The van der Waals surface area contributed by atoms with Crippen molar-refractivity contribution in [3.63, 3.8) is 0 Å². The first kappa shape index (κ1) is 25.9. The van der Waals surface area contributed by atoms with E-state index in [-0.39, 0.29) is 30.7 Å². The molecule has 5 atom stereocenters. The summed E-state index contributed by atoms with van der Waals surface area (Å²) in [6.07, 6.45) is -2.73. The fourth-order valence-corrected chi connectivity index (χ4v) is 4.23. The van der Waals surface area contributed by atoms with Crippen molar-refractivity contribution in [3.8, 4) is 6.07 Å². The van der Waals surface area contributed by atoms with Gasteiger partial charge in [-0.25, -0.2) is 0 Å². The fourth-order valence-electron chi connectivity index (χ4n) is 4.23. The van der Waals surface area contributed by atoms with Crippen LogP contribution in [0.15, 0.2) is 0 Å².